The molecule has 2 fully saturated rings. The lowest BCUT2D eigenvalue weighted by atomic mass is 10.0. The number of anilines is 1. The average molecular weight is 504 g/mol. The van der Waals surface area contributed by atoms with Crippen LogP contribution in [0.1, 0.15) is 40.7 Å². The van der Waals surface area contributed by atoms with Crippen molar-refractivity contribution in [1.82, 2.24) is 0 Å². The zero-order valence-corrected chi connectivity index (χ0v) is 20.7. The first-order chi connectivity index (χ1) is 18.2. The van der Waals surface area contributed by atoms with E-state index in [1.54, 1.807) is 24.3 Å². The van der Waals surface area contributed by atoms with E-state index in [0.29, 0.717) is 43.9 Å². The standard InChI is InChI=1S/C30H33NO6/c32-26(23-11-13-24(31-33)14-12-23)16-15-25-17-27-30(36-25)29(35-19-22-9-5-2-6-10-22)28(37-27)20-34-18-21-7-3-1-4-8-21/h1-14,25,27-31,33H,15-20H2/t25-,27?,28-,29-,30?/m1/s1. The van der Waals surface area contributed by atoms with E-state index in [4.69, 9.17) is 24.2 Å². The first-order valence-electron chi connectivity index (χ1n) is 12.8. The molecule has 0 aromatic heterocycles. The SMILES string of the molecule is O=C(CC[C@@H]1CC2O[C@H](COCc3ccccc3)[C@@H](OCc3ccccc3)C2O1)c1ccc(NO)cc1. The molecule has 3 aromatic carbocycles. The third kappa shape index (κ3) is 6.63. The predicted octanol–water partition coefficient (Wildman–Crippen LogP) is 5.18. The molecule has 0 amide bonds. The molecular formula is C30H33NO6. The first-order valence-corrected chi connectivity index (χ1v) is 12.8. The lowest BCUT2D eigenvalue weighted by Gasteiger charge is -2.24. The second-order valence-corrected chi connectivity index (χ2v) is 9.58. The number of Topliss-reactive ketones (excluding diaryl/α,β-unsaturated/α-hetero) is 1. The number of carbonyl (C=O) groups excluding carboxylic acids is 1. The molecule has 5 rings (SSSR count). The molecule has 2 unspecified atom stereocenters. The second kappa shape index (κ2) is 12.4. The van der Waals surface area contributed by atoms with E-state index in [2.05, 4.69) is 5.48 Å². The summed E-state index contributed by atoms with van der Waals surface area (Å²) >= 11 is 0. The van der Waals surface area contributed by atoms with Gasteiger partial charge in [0.05, 0.1) is 37.7 Å². The Hall–Kier alpha value is -3.07. The Labute approximate surface area is 217 Å². The fraction of sp³-hybridized carbons (Fsp3) is 0.367. The summed E-state index contributed by atoms with van der Waals surface area (Å²) in [5.41, 5.74) is 5.45. The summed E-state index contributed by atoms with van der Waals surface area (Å²) in [5, 5.41) is 8.95. The highest BCUT2D eigenvalue weighted by molar-refractivity contribution is 5.96. The van der Waals surface area contributed by atoms with Crippen LogP contribution in [-0.4, -0.2) is 48.1 Å². The van der Waals surface area contributed by atoms with Crippen molar-refractivity contribution in [1.29, 1.82) is 0 Å². The van der Waals surface area contributed by atoms with E-state index < -0.39 is 0 Å². The molecule has 37 heavy (non-hydrogen) atoms. The molecule has 0 aliphatic carbocycles. The van der Waals surface area contributed by atoms with Gasteiger partial charge in [-0.25, -0.2) is 0 Å². The summed E-state index contributed by atoms with van der Waals surface area (Å²) in [5.74, 6) is 0.0510. The Morgan fingerprint density at radius 3 is 2.24 bits per heavy atom. The molecule has 0 bridgehead atoms. The highest BCUT2D eigenvalue weighted by Gasteiger charge is 2.51. The summed E-state index contributed by atoms with van der Waals surface area (Å²) in [4.78, 5) is 12.6. The van der Waals surface area contributed by atoms with Gasteiger partial charge in [-0.2, -0.15) is 0 Å². The van der Waals surface area contributed by atoms with E-state index in [9.17, 15) is 4.79 Å². The third-order valence-corrected chi connectivity index (χ3v) is 6.96. The minimum Gasteiger partial charge on any atom is -0.374 e. The van der Waals surface area contributed by atoms with Crippen molar-refractivity contribution < 1.29 is 28.9 Å². The van der Waals surface area contributed by atoms with Gasteiger partial charge in [0.2, 0.25) is 0 Å². The van der Waals surface area contributed by atoms with Gasteiger partial charge in [-0.05, 0) is 41.8 Å². The molecule has 2 aliphatic rings. The number of fused-ring (bicyclic) bond motifs is 1. The van der Waals surface area contributed by atoms with Gasteiger partial charge < -0.3 is 18.9 Å². The molecule has 5 atom stereocenters. The minimum atomic E-state index is -0.250. The van der Waals surface area contributed by atoms with Gasteiger partial charge >= 0.3 is 0 Å². The fourth-order valence-corrected chi connectivity index (χ4v) is 5.02. The number of benzene rings is 3. The molecule has 194 valence electrons. The van der Waals surface area contributed by atoms with Gasteiger partial charge in [0.1, 0.15) is 18.3 Å². The van der Waals surface area contributed by atoms with Crippen molar-refractivity contribution in [2.24, 2.45) is 0 Å². The van der Waals surface area contributed by atoms with E-state index in [-0.39, 0.29) is 36.3 Å². The molecule has 7 nitrogen and oxygen atoms in total. The van der Waals surface area contributed by atoms with Gasteiger partial charge in [-0.3, -0.25) is 15.5 Å². The van der Waals surface area contributed by atoms with Crippen LogP contribution in [0.5, 0.6) is 0 Å². The monoisotopic (exact) mass is 503 g/mol. The Bertz CT molecular complexity index is 1120. The molecule has 3 aromatic rings. The van der Waals surface area contributed by atoms with Gasteiger partial charge in [-0.1, -0.05) is 60.7 Å². The van der Waals surface area contributed by atoms with Crippen LogP contribution in [0.4, 0.5) is 5.69 Å². The number of nitrogens with one attached hydrogen (secondary N) is 1. The highest BCUT2D eigenvalue weighted by atomic mass is 16.6. The summed E-state index contributed by atoms with van der Waals surface area (Å²) in [6, 6.07) is 26.9. The maximum Gasteiger partial charge on any atom is 0.162 e. The maximum absolute atomic E-state index is 12.6. The fourth-order valence-electron chi connectivity index (χ4n) is 5.02. The smallest absolute Gasteiger partial charge is 0.162 e. The van der Waals surface area contributed by atoms with E-state index >= 15 is 0 Å². The van der Waals surface area contributed by atoms with Crippen LogP contribution in [0, 0.1) is 0 Å². The zero-order valence-electron chi connectivity index (χ0n) is 20.7. The van der Waals surface area contributed by atoms with Gasteiger partial charge in [-0.15, -0.1) is 0 Å². The lowest BCUT2D eigenvalue weighted by molar-refractivity contribution is -0.102. The van der Waals surface area contributed by atoms with Crippen molar-refractivity contribution in [2.45, 2.75) is 63.0 Å². The number of hydrogen-bond acceptors (Lipinski definition) is 7. The summed E-state index contributed by atoms with van der Waals surface area (Å²) < 4.78 is 25.1. The summed E-state index contributed by atoms with van der Waals surface area (Å²) in [7, 11) is 0. The lowest BCUT2D eigenvalue weighted by Crippen LogP contribution is -2.37. The average Bonchev–Trinajstić information content (AvgIpc) is 3.49. The minimum absolute atomic E-state index is 0.0510. The molecule has 2 heterocycles. The quantitative estimate of drug-likeness (QED) is 0.260. The Kier molecular flexibility index (Phi) is 8.61. The summed E-state index contributed by atoms with van der Waals surface area (Å²) in [6.45, 7) is 1.41. The van der Waals surface area contributed by atoms with Crippen molar-refractivity contribution in [2.75, 3.05) is 12.1 Å². The number of ketones is 1. The Morgan fingerprint density at radius 1 is 0.892 bits per heavy atom. The number of rotatable bonds is 12. The van der Waals surface area contributed by atoms with Crippen molar-refractivity contribution in [3.05, 3.63) is 102 Å². The molecule has 0 saturated carbocycles. The van der Waals surface area contributed by atoms with Crippen LogP contribution in [0.15, 0.2) is 84.9 Å². The van der Waals surface area contributed by atoms with E-state index in [1.165, 1.54) is 0 Å². The van der Waals surface area contributed by atoms with Crippen LogP contribution in [0.3, 0.4) is 0 Å². The van der Waals surface area contributed by atoms with Crippen molar-refractivity contribution >= 4 is 11.5 Å². The van der Waals surface area contributed by atoms with Gasteiger partial charge in [0, 0.05) is 18.4 Å². The van der Waals surface area contributed by atoms with Gasteiger partial charge in [0.15, 0.2) is 5.78 Å². The molecule has 7 heteroatoms. The molecule has 2 aliphatic heterocycles. The number of carbonyl (C=O) groups is 1. The van der Waals surface area contributed by atoms with E-state index in [0.717, 1.165) is 17.5 Å². The van der Waals surface area contributed by atoms with E-state index in [1.807, 2.05) is 60.7 Å². The first kappa shape index (κ1) is 25.6. The summed E-state index contributed by atoms with van der Waals surface area (Å²) in [6.07, 6.45) is 0.928. The van der Waals surface area contributed by atoms with Crippen LogP contribution in [0.2, 0.25) is 0 Å². The zero-order chi connectivity index (χ0) is 25.5. The predicted molar refractivity (Wildman–Crippen MR) is 138 cm³/mol. The van der Waals surface area contributed by atoms with Crippen LogP contribution >= 0.6 is 0 Å². The number of hydrogen-bond donors (Lipinski definition) is 2. The Morgan fingerprint density at radius 2 is 1.57 bits per heavy atom. The van der Waals surface area contributed by atoms with Crippen LogP contribution < -0.4 is 5.48 Å². The molecule has 2 N–H and O–H groups in total. The molecule has 0 spiro atoms. The topological polar surface area (TPSA) is 86.3 Å². The van der Waals surface area contributed by atoms with Crippen molar-refractivity contribution in [3.63, 3.8) is 0 Å². The maximum atomic E-state index is 12.6. The molecule has 0 radical (unpaired) electrons. The number of ether oxygens (including phenoxy) is 4. The van der Waals surface area contributed by atoms with Crippen molar-refractivity contribution in [3.8, 4) is 0 Å². The van der Waals surface area contributed by atoms with Gasteiger partial charge in [0.25, 0.3) is 0 Å². The van der Waals surface area contributed by atoms with Crippen LogP contribution in [0.25, 0.3) is 0 Å². The third-order valence-electron chi connectivity index (χ3n) is 6.96. The highest BCUT2D eigenvalue weighted by Crippen LogP contribution is 2.38. The Balaban J connectivity index is 1.16. The molecular weight excluding hydrogens is 470 g/mol. The van der Waals surface area contributed by atoms with Crippen LogP contribution in [-0.2, 0) is 32.2 Å². The largest absolute Gasteiger partial charge is 0.374 e. The normalized spacial score (nSPS) is 24.6. The second-order valence-electron chi connectivity index (χ2n) is 9.58. The molecule has 2 saturated heterocycles.